The molecule has 5 nitrogen and oxygen atoms in total. The third-order valence-corrected chi connectivity index (χ3v) is 3.03. The Balaban J connectivity index is 2.26. The predicted octanol–water partition coefficient (Wildman–Crippen LogP) is 2.23. The van der Waals surface area contributed by atoms with Crippen LogP contribution in [0.2, 0.25) is 0 Å². The first-order valence-electron chi connectivity index (χ1n) is 5.29. The third-order valence-electron chi connectivity index (χ3n) is 2.42. The molecule has 0 aliphatic rings. The molecular weight excluding hydrogens is 317 g/mol. The van der Waals surface area contributed by atoms with Crippen molar-refractivity contribution in [2.24, 2.45) is 0 Å². The summed E-state index contributed by atoms with van der Waals surface area (Å²) in [5.41, 5.74) is 0.724. The molecule has 0 aliphatic heterocycles. The number of aromatic amines is 1. The highest BCUT2D eigenvalue weighted by molar-refractivity contribution is 9.10. The van der Waals surface area contributed by atoms with E-state index in [0.717, 1.165) is 6.20 Å². The van der Waals surface area contributed by atoms with E-state index in [0.29, 0.717) is 11.3 Å². The summed E-state index contributed by atoms with van der Waals surface area (Å²) >= 11 is 3.05. The van der Waals surface area contributed by atoms with Gasteiger partial charge in [-0.2, -0.15) is 0 Å². The standard InChI is InChI=1S/C12H9BrFN3O2/c1-6-2-8(14)7(13)3-9(6)17-12(19)10-4-16-11(18)5-15-10/h2-5H,1H3,(H,16,18)(H,17,19). The summed E-state index contributed by atoms with van der Waals surface area (Å²) in [4.78, 5) is 28.8. The highest BCUT2D eigenvalue weighted by atomic mass is 79.9. The third kappa shape index (κ3) is 3.05. The molecule has 2 rings (SSSR count). The van der Waals surface area contributed by atoms with E-state index in [2.05, 4.69) is 31.2 Å². The minimum Gasteiger partial charge on any atom is -0.325 e. The smallest absolute Gasteiger partial charge is 0.275 e. The zero-order valence-corrected chi connectivity index (χ0v) is 11.4. The molecule has 0 bridgehead atoms. The van der Waals surface area contributed by atoms with Crippen LogP contribution in [0.1, 0.15) is 16.1 Å². The summed E-state index contributed by atoms with van der Waals surface area (Å²) in [6.45, 7) is 1.67. The molecule has 0 aliphatic carbocycles. The van der Waals surface area contributed by atoms with Gasteiger partial charge in [-0.25, -0.2) is 9.37 Å². The Morgan fingerprint density at radius 3 is 2.84 bits per heavy atom. The quantitative estimate of drug-likeness (QED) is 0.889. The summed E-state index contributed by atoms with van der Waals surface area (Å²) < 4.78 is 13.5. The Morgan fingerprint density at radius 2 is 2.21 bits per heavy atom. The Labute approximate surface area is 116 Å². The molecule has 7 heteroatoms. The van der Waals surface area contributed by atoms with Gasteiger partial charge in [0, 0.05) is 11.9 Å². The van der Waals surface area contributed by atoms with Crippen molar-refractivity contribution in [2.75, 3.05) is 5.32 Å². The van der Waals surface area contributed by atoms with Crippen LogP contribution in [0.3, 0.4) is 0 Å². The molecule has 98 valence electrons. The van der Waals surface area contributed by atoms with Gasteiger partial charge in [0.2, 0.25) is 0 Å². The SMILES string of the molecule is Cc1cc(F)c(Br)cc1NC(=O)c1c[nH]c(=O)cn1. The maximum Gasteiger partial charge on any atom is 0.275 e. The van der Waals surface area contributed by atoms with Crippen LogP contribution >= 0.6 is 15.9 Å². The largest absolute Gasteiger partial charge is 0.325 e. The molecule has 0 radical (unpaired) electrons. The molecular formula is C12H9BrFN3O2. The Morgan fingerprint density at radius 1 is 1.47 bits per heavy atom. The van der Waals surface area contributed by atoms with E-state index < -0.39 is 17.3 Å². The van der Waals surface area contributed by atoms with Gasteiger partial charge in [-0.1, -0.05) is 0 Å². The number of benzene rings is 1. The van der Waals surface area contributed by atoms with Gasteiger partial charge in [-0.15, -0.1) is 0 Å². The topological polar surface area (TPSA) is 74.8 Å². The molecule has 1 aromatic heterocycles. The van der Waals surface area contributed by atoms with Crippen LogP contribution in [0.25, 0.3) is 0 Å². The van der Waals surface area contributed by atoms with Crippen molar-refractivity contribution in [1.82, 2.24) is 9.97 Å². The molecule has 2 aromatic rings. The Kier molecular flexibility index (Phi) is 3.75. The van der Waals surface area contributed by atoms with Crippen molar-refractivity contribution in [3.63, 3.8) is 0 Å². The maximum absolute atomic E-state index is 13.3. The van der Waals surface area contributed by atoms with E-state index in [9.17, 15) is 14.0 Å². The average molecular weight is 326 g/mol. The fraction of sp³-hybridized carbons (Fsp3) is 0.0833. The first kappa shape index (κ1) is 13.4. The number of amides is 1. The number of nitrogens with one attached hydrogen (secondary N) is 2. The van der Waals surface area contributed by atoms with Gasteiger partial charge in [0.1, 0.15) is 11.5 Å². The van der Waals surface area contributed by atoms with E-state index in [1.807, 2.05) is 0 Å². The number of anilines is 1. The summed E-state index contributed by atoms with van der Waals surface area (Å²) in [7, 11) is 0. The Hall–Kier alpha value is -2.02. The first-order chi connectivity index (χ1) is 8.97. The molecule has 0 fully saturated rings. The minimum atomic E-state index is -0.488. The zero-order valence-electron chi connectivity index (χ0n) is 9.83. The normalized spacial score (nSPS) is 10.3. The van der Waals surface area contributed by atoms with Crippen LogP contribution in [-0.4, -0.2) is 15.9 Å². The van der Waals surface area contributed by atoms with Crippen LogP contribution in [0.15, 0.2) is 33.8 Å². The zero-order chi connectivity index (χ0) is 14.0. The molecule has 1 aromatic carbocycles. The van der Waals surface area contributed by atoms with Crippen LogP contribution in [0.4, 0.5) is 10.1 Å². The number of hydrogen-bond acceptors (Lipinski definition) is 3. The van der Waals surface area contributed by atoms with Crippen molar-refractivity contribution >= 4 is 27.5 Å². The lowest BCUT2D eigenvalue weighted by atomic mass is 10.2. The number of halogens is 2. The highest BCUT2D eigenvalue weighted by Crippen LogP contribution is 2.24. The number of rotatable bonds is 2. The number of aryl methyl sites for hydroxylation is 1. The van der Waals surface area contributed by atoms with Crippen LogP contribution < -0.4 is 10.9 Å². The lowest BCUT2D eigenvalue weighted by Gasteiger charge is -2.09. The van der Waals surface area contributed by atoms with Crippen molar-refractivity contribution < 1.29 is 9.18 Å². The van der Waals surface area contributed by atoms with E-state index in [4.69, 9.17) is 0 Å². The fourth-order valence-electron chi connectivity index (χ4n) is 1.43. The van der Waals surface area contributed by atoms with Gasteiger partial charge in [0.15, 0.2) is 0 Å². The monoisotopic (exact) mass is 325 g/mol. The van der Waals surface area contributed by atoms with Crippen LogP contribution in [0.5, 0.6) is 0 Å². The summed E-state index contributed by atoms with van der Waals surface area (Å²) in [5.74, 6) is -0.893. The van der Waals surface area contributed by atoms with Gasteiger partial charge in [-0.3, -0.25) is 9.59 Å². The number of carbonyl (C=O) groups is 1. The number of nitrogens with zero attached hydrogens (tertiary/aromatic N) is 1. The first-order valence-corrected chi connectivity index (χ1v) is 6.08. The fourth-order valence-corrected chi connectivity index (χ4v) is 1.78. The van der Waals surface area contributed by atoms with Crippen LogP contribution in [0, 0.1) is 12.7 Å². The van der Waals surface area contributed by atoms with Crippen molar-refractivity contribution in [3.05, 3.63) is 56.4 Å². The van der Waals surface area contributed by atoms with Gasteiger partial charge in [0.25, 0.3) is 11.5 Å². The summed E-state index contributed by atoms with van der Waals surface area (Å²) in [6, 6.07) is 2.77. The molecule has 1 heterocycles. The second-order valence-corrected chi connectivity index (χ2v) is 4.69. The van der Waals surface area contributed by atoms with Crippen molar-refractivity contribution in [1.29, 1.82) is 0 Å². The van der Waals surface area contributed by atoms with Crippen LogP contribution in [-0.2, 0) is 0 Å². The maximum atomic E-state index is 13.3. The Bertz CT molecular complexity index is 679. The summed E-state index contributed by atoms with van der Waals surface area (Å²) in [6.07, 6.45) is 2.23. The van der Waals surface area contributed by atoms with E-state index in [1.54, 1.807) is 6.92 Å². The molecule has 0 saturated heterocycles. The highest BCUT2D eigenvalue weighted by Gasteiger charge is 2.11. The number of carbonyl (C=O) groups excluding carboxylic acids is 1. The second kappa shape index (κ2) is 5.31. The van der Waals surface area contributed by atoms with Gasteiger partial charge < -0.3 is 10.3 Å². The van der Waals surface area contributed by atoms with Gasteiger partial charge >= 0.3 is 0 Å². The second-order valence-electron chi connectivity index (χ2n) is 3.83. The molecule has 1 amide bonds. The number of H-pyrrole nitrogens is 1. The lowest BCUT2D eigenvalue weighted by molar-refractivity contribution is 0.102. The molecule has 2 N–H and O–H groups in total. The van der Waals surface area contributed by atoms with Crippen molar-refractivity contribution in [2.45, 2.75) is 6.92 Å². The van der Waals surface area contributed by atoms with E-state index in [1.165, 1.54) is 18.3 Å². The van der Waals surface area contributed by atoms with E-state index in [-0.39, 0.29) is 10.2 Å². The molecule has 19 heavy (non-hydrogen) atoms. The molecule has 0 saturated carbocycles. The number of hydrogen-bond donors (Lipinski definition) is 2. The molecule has 0 unspecified atom stereocenters. The molecule has 0 spiro atoms. The minimum absolute atomic E-state index is 0.0689. The van der Waals surface area contributed by atoms with Crippen molar-refractivity contribution in [3.8, 4) is 0 Å². The summed E-state index contributed by atoms with van der Waals surface area (Å²) in [5, 5.41) is 2.59. The lowest BCUT2D eigenvalue weighted by Crippen LogP contribution is -2.17. The number of aromatic nitrogens is 2. The van der Waals surface area contributed by atoms with E-state index >= 15 is 0 Å². The molecule has 0 atom stereocenters. The van der Waals surface area contributed by atoms with Gasteiger partial charge in [0.05, 0.1) is 10.7 Å². The van der Waals surface area contributed by atoms with Gasteiger partial charge in [-0.05, 0) is 40.5 Å². The average Bonchev–Trinajstić information content (AvgIpc) is 2.36. The predicted molar refractivity (Wildman–Crippen MR) is 71.6 cm³/mol.